The van der Waals surface area contributed by atoms with Crippen LogP contribution in [-0.2, 0) is 17.6 Å². The summed E-state index contributed by atoms with van der Waals surface area (Å²) in [5, 5.41) is 2.90. The molecule has 1 N–H and O–H groups in total. The molecule has 0 aliphatic rings. The molecular weight excluding hydrogens is 330 g/mol. The van der Waals surface area contributed by atoms with Crippen LogP contribution in [0.3, 0.4) is 0 Å². The summed E-state index contributed by atoms with van der Waals surface area (Å²) in [5.41, 5.74) is 3.31. The molecule has 0 saturated carbocycles. The van der Waals surface area contributed by atoms with Crippen LogP contribution in [0.1, 0.15) is 23.6 Å². The Balaban J connectivity index is 1.85. The molecule has 140 valence electrons. The largest absolute Gasteiger partial charge is 0.493 e. The highest BCUT2D eigenvalue weighted by molar-refractivity contribution is 5.77. The summed E-state index contributed by atoms with van der Waals surface area (Å²) in [4.78, 5) is 12.0. The Morgan fingerprint density at radius 2 is 1.69 bits per heavy atom. The number of amides is 1. The fraction of sp³-hybridized carbons (Fsp3) is 0.381. The SMILES string of the molecule is CCc1ccccc1OCC(=O)NCCc1cc(OC)c(OC)cc1C. The first-order valence-corrected chi connectivity index (χ1v) is 8.78. The van der Waals surface area contributed by atoms with Crippen LogP contribution in [0.15, 0.2) is 36.4 Å². The van der Waals surface area contributed by atoms with E-state index in [-0.39, 0.29) is 12.5 Å². The predicted molar refractivity (Wildman–Crippen MR) is 102 cm³/mol. The number of nitrogens with one attached hydrogen (secondary N) is 1. The average molecular weight is 357 g/mol. The average Bonchev–Trinajstić information content (AvgIpc) is 2.67. The highest BCUT2D eigenvalue weighted by Gasteiger charge is 2.10. The fourth-order valence-electron chi connectivity index (χ4n) is 2.76. The van der Waals surface area contributed by atoms with Gasteiger partial charge in [0.2, 0.25) is 0 Å². The van der Waals surface area contributed by atoms with Crippen LogP contribution < -0.4 is 19.5 Å². The molecule has 26 heavy (non-hydrogen) atoms. The maximum absolute atomic E-state index is 12.0. The molecule has 0 unspecified atom stereocenters. The van der Waals surface area contributed by atoms with E-state index in [2.05, 4.69) is 12.2 Å². The second-order valence-corrected chi connectivity index (χ2v) is 5.98. The van der Waals surface area contributed by atoms with Gasteiger partial charge in [0.1, 0.15) is 5.75 Å². The molecule has 2 aromatic rings. The third-order valence-electron chi connectivity index (χ3n) is 4.27. The number of rotatable bonds is 9. The quantitative estimate of drug-likeness (QED) is 0.748. The summed E-state index contributed by atoms with van der Waals surface area (Å²) < 4.78 is 16.3. The summed E-state index contributed by atoms with van der Waals surface area (Å²) in [7, 11) is 3.23. The highest BCUT2D eigenvalue weighted by Crippen LogP contribution is 2.30. The Bertz CT molecular complexity index is 743. The number of hydrogen-bond acceptors (Lipinski definition) is 4. The van der Waals surface area contributed by atoms with Crippen LogP contribution in [0.25, 0.3) is 0 Å². The Morgan fingerprint density at radius 3 is 2.38 bits per heavy atom. The van der Waals surface area contributed by atoms with Crippen molar-refractivity contribution in [3.05, 3.63) is 53.1 Å². The normalized spacial score (nSPS) is 10.3. The Labute approximate surface area is 155 Å². The van der Waals surface area contributed by atoms with Crippen molar-refractivity contribution in [1.29, 1.82) is 0 Å². The van der Waals surface area contributed by atoms with E-state index in [1.54, 1.807) is 14.2 Å². The summed E-state index contributed by atoms with van der Waals surface area (Å²) in [6.07, 6.45) is 1.58. The van der Waals surface area contributed by atoms with E-state index in [0.29, 0.717) is 24.5 Å². The van der Waals surface area contributed by atoms with E-state index in [1.165, 1.54) is 0 Å². The molecule has 0 spiro atoms. The first kappa shape index (κ1) is 19.6. The summed E-state index contributed by atoms with van der Waals surface area (Å²) in [6.45, 7) is 4.63. The lowest BCUT2D eigenvalue weighted by molar-refractivity contribution is -0.123. The summed E-state index contributed by atoms with van der Waals surface area (Å²) >= 11 is 0. The molecule has 0 aromatic heterocycles. The predicted octanol–water partition coefficient (Wildman–Crippen LogP) is 3.31. The molecule has 5 heteroatoms. The maximum atomic E-state index is 12.0. The minimum atomic E-state index is -0.131. The monoisotopic (exact) mass is 357 g/mol. The van der Waals surface area contributed by atoms with E-state index in [1.807, 2.05) is 43.3 Å². The molecule has 0 fully saturated rings. The van der Waals surface area contributed by atoms with Gasteiger partial charge in [-0.2, -0.15) is 0 Å². The number of para-hydroxylation sites is 1. The van der Waals surface area contributed by atoms with Gasteiger partial charge in [-0.05, 0) is 54.7 Å². The van der Waals surface area contributed by atoms with Crippen molar-refractivity contribution >= 4 is 5.91 Å². The number of ether oxygens (including phenoxy) is 3. The first-order chi connectivity index (χ1) is 12.6. The minimum Gasteiger partial charge on any atom is -0.493 e. The lowest BCUT2D eigenvalue weighted by Gasteiger charge is -2.13. The summed E-state index contributed by atoms with van der Waals surface area (Å²) in [5.74, 6) is 2.04. The van der Waals surface area contributed by atoms with Gasteiger partial charge >= 0.3 is 0 Å². The number of hydrogen-bond donors (Lipinski definition) is 1. The number of methoxy groups -OCH3 is 2. The van der Waals surface area contributed by atoms with Crippen molar-refractivity contribution in [1.82, 2.24) is 5.32 Å². The van der Waals surface area contributed by atoms with Gasteiger partial charge in [0.15, 0.2) is 18.1 Å². The summed E-state index contributed by atoms with van der Waals surface area (Å²) in [6, 6.07) is 11.7. The van der Waals surface area contributed by atoms with Gasteiger partial charge in [-0.25, -0.2) is 0 Å². The van der Waals surface area contributed by atoms with Gasteiger partial charge in [-0.3, -0.25) is 4.79 Å². The molecule has 0 aliphatic carbocycles. The fourth-order valence-corrected chi connectivity index (χ4v) is 2.76. The molecule has 5 nitrogen and oxygen atoms in total. The lowest BCUT2D eigenvalue weighted by atomic mass is 10.0. The molecule has 0 saturated heterocycles. The van der Waals surface area contributed by atoms with Crippen LogP contribution >= 0.6 is 0 Å². The van der Waals surface area contributed by atoms with Gasteiger partial charge in [0.05, 0.1) is 14.2 Å². The molecule has 0 bridgehead atoms. The molecule has 1 amide bonds. The second-order valence-electron chi connectivity index (χ2n) is 5.98. The molecule has 0 atom stereocenters. The second kappa shape index (κ2) is 9.70. The van der Waals surface area contributed by atoms with Crippen molar-refractivity contribution in [2.75, 3.05) is 27.4 Å². The van der Waals surface area contributed by atoms with E-state index in [4.69, 9.17) is 14.2 Å². The molecule has 0 radical (unpaired) electrons. The highest BCUT2D eigenvalue weighted by atomic mass is 16.5. The third-order valence-corrected chi connectivity index (χ3v) is 4.27. The van der Waals surface area contributed by atoms with Gasteiger partial charge in [-0.15, -0.1) is 0 Å². The topological polar surface area (TPSA) is 56.8 Å². The van der Waals surface area contributed by atoms with Crippen LogP contribution in [0, 0.1) is 6.92 Å². The molecule has 2 rings (SSSR count). The third kappa shape index (κ3) is 5.15. The van der Waals surface area contributed by atoms with Crippen molar-refractivity contribution in [3.8, 4) is 17.2 Å². The minimum absolute atomic E-state index is 0.0158. The Morgan fingerprint density at radius 1 is 1.00 bits per heavy atom. The number of carbonyl (C=O) groups is 1. The number of aryl methyl sites for hydroxylation is 2. The van der Waals surface area contributed by atoms with Gasteiger partial charge in [0.25, 0.3) is 5.91 Å². The van der Waals surface area contributed by atoms with Gasteiger partial charge in [-0.1, -0.05) is 25.1 Å². The van der Waals surface area contributed by atoms with Crippen molar-refractivity contribution < 1.29 is 19.0 Å². The van der Waals surface area contributed by atoms with E-state index < -0.39 is 0 Å². The first-order valence-electron chi connectivity index (χ1n) is 8.78. The van der Waals surface area contributed by atoms with Gasteiger partial charge in [0, 0.05) is 6.54 Å². The van der Waals surface area contributed by atoms with Gasteiger partial charge < -0.3 is 19.5 Å². The van der Waals surface area contributed by atoms with E-state index in [9.17, 15) is 4.79 Å². The zero-order valence-corrected chi connectivity index (χ0v) is 15.9. The zero-order chi connectivity index (χ0) is 18.9. The molecule has 2 aromatic carbocycles. The Hall–Kier alpha value is -2.69. The van der Waals surface area contributed by atoms with Crippen LogP contribution in [0.4, 0.5) is 0 Å². The van der Waals surface area contributed by atoms with Crippen LogP contribution in [0.5, 0.6) is 17.2 Å². The zero-order valence-electron chi connectivity index (χ0n) is 15.9. The van der Waals surface area contributed by atoms with Crippen molar-refractivity contribution in [2.45, 2.75) is 26.7 Å². The molecule has 0 heterocycles. The Kier molecular flexibility index (Phi) is 7.33. The molecular formula is C21H27NO4. The van der Waals surface area contributed by atoms with E-state index >= 15 is 0 Å². The van der Waals surface area contributed by atoms with Crippen molar-refractivity contribution in [2.24, 2.45) is 0 Å². The van der Waals surface area contributed by atoms with Crippen molar-refractivity contribution in [3.63, 3.8) is 0 Å². The smallest absolute Gasteiger partial charge is 0.257 e. The standard InChI is InChI=1S/C21H27NO4/c1-5-16-8-6-7-9-18(16)26-14-21(23)22-11-10-17-13-20(25-4)19(24-3)12-15(17)2/h6-9,12-13H,5,10-11,14H2,1-4H3,(H,22,23). The lowest BCUT2D eigenvalue weighted by Crippen LogP contribution is -2.30. The maximum Gasteiger partial charge on any atom is 0.257 e. The number of carbonyl (C=O) groups excluding carboxylic acids is 1. The molecule has 0 aliphatic heterocycles. The van der Waals surface area contributed by atoms with Crippen LogP contribution in [0.2, 0.25) is 0 Å². The van der Waals surface area contributed by atoms with Crippen LogP contribution in [-0.4, -0.2) is 33.3 Å². The number of benzene rings is 2. The van der Waals surface area contributed by atoms with E-state index in [0.717, 1.165) is 28.9 Å².